The van der Waals surface area contributed by atoms with Crippen molar-refractivity contribution in [3.8, 4) is 16.9 Å². The van der Waals surface area contributed by atoms with Crippen LogP contribution in [0.4, 0.5) is 0 Å². The smallest absolute Gasteiger partial charge is 0.239 e. The Balaban J connectivity index is 0.00000420. The number of nitrogens with one attached hydrogen (secondary N) is 2. The maximum absolute atomic E-state index is 12.1. The fourth-order valence-corrected chi connectivity index (χ4v) is 2.80. The Bertz CT molecular complexity index is 809. The lowest BCUT2D eigenvalue weighted by Gasteiger charge is -2.17. The SMILES string of the molecule is COc1ccccc1-c1ccc(C(C)NC(=O)CNC(=O)[C@@H](N)C(C)C)cc1.Cl. The molecule has 2 aromatic carbocycles. The van der Waals surface area contributed by atoms with Gasteiger partial charge in [0.2, 0.25) is 11.8 Å². The van der Waals surface area contributed by atoms with Crippen molar-refractivity contribution in [2.75, 3.05) is 13.7 Å². The number of ether oxygens (including phenoxy) is 1. The van der Waals surface area contributed by atoms with E-state index >= 15 is 0 Å². The monoisotopic (exact) mass is 419 g/mol. The normalized spacial score (nSPS) is 12.5. The molecule has 0 aliphatic carbocycles. The molecule has 0 spiro atoms. The highest BCUT2D eigenvalue weighted by Gasteiger charge is 2.18. The zero-order valence-corrected chi connectivity index (χ0v) is 18.1. The molecule has 0 heterocycles. The van der Waals surface area contributed by atoms with Crippen molar-refractivity contribution in [1.29, 1.82) is 0 Å². The molecule has 158 valence electrons. The Morgan fingerprint density at radius 2 is 1.66 bits per heavy atom. The molecule has 0 saturated carbocycles. The van der Waals surface area contributed by atoms with E-state index in [0.29, 0.717) is 0 Å². The summed E-state index contributed by atoms with van der Waals surface area (Å²) in [5.74, 6) is 0.250. The van der Waals surface area contributed by atoms with Gasteiger partial charge in [0.15, 0.2) is 0 Å². The first-order valence-corrected chi connectivity index (χ1v) is 9.39. The third-order valence-electron chi connectivity index (χ3n) is 4.65. The van der Waals surface area contributed by atoms with Crippen molar-refractivity contribution >= 4 is 24.2 Å². The predicted molar refractivity (Wildman–Crippen MR) is 118 cm³/mol. The quantitative estimate of drug-likeness (QED) is 0.613. The first-order chi connectivity index (χ1) is 13.3. The first-order valence-electron chi connectivity index (χ1n) is 9.39. The summed E-state index contributed by atoms with van der Waals surface area (Å²) >= 11 is 0. The van der Waals surface area contributed by atoms with Crippen LogP contribution in [0.2, 0.25) is 0 Å². The average molecular weight is 420 g/mol. The summed E-state index contributed by atoms with van der Waals surface area (Å²) in [4.78, 5) is 24.0. The lowest BCUT2D eigenvalue weighted by Crippen LogP contribution is -2.47. The van der Waals surface area contributed by atoms with E-state index in [1.807, 2.05) is 69.3 Å². The summed E-state index contributed by atoms with van der Waals surface area (Å²) in [6.07, 6.45) is 0. The highest BCUT2D eigenvalue weighted by Crippen LogP contribution is 2.30. The molecule has 29 heavy (non-hydrogen) atoms. The minimum Gasteiger partial charge on any atom is -0.496 e. The number of hydrogen-bond acceptors (Lipinski definition) is 4. The molecule has 1 unspecified atom stereocenters. The van der Waals surface area contributed by atoms with Gasteiger partial charge in [-0.3, -0.25) is 9.59 Å². The van der Waals surface area contributed by atoms with Crippen molar-refractivity contribution in [1.82, 2.24) is 10.6 Å². The molecular formula is C22H30ClN3O3. The molecule has 0 fully saturated rings. The van der Waals surface area contributed by atoms with Crippen LogP contribution >= 0.6 is 12.4 Å². The molecule has 0 aliphatic rings. The molecule has 0 saturated heterocycles. The summed E-state index contributed by atoms with van der Waals surface area (Å²) in [5.41, 5.74) is 8.79. The summed E-state index contributed by atoms with van der Waals surface area (Å²) in [6, 6.07) is 15.0. The molecule has 7 heteroatoms. The van der Waals surface area contributed by atoms with Crippen molar-refractivity contribution in [3.05, 3.63) is 54.1 Å². The Kier molecular flexibility index (Phi) is 9.65. The van der Waals surface area contributed by atoms with E-state index in [-0.39, 0.29) is 42.7 Å². The van der Waals surface area contributed by atoms with E-state index in [4.69, 9.17) is 10.5 Å². The van der Waals surface area contributed by atoms with E-state index in [1.54, 1.807) is 7.11 Å². The standard InChI is InChI=1S/C22H29N3O3.ClH/c1-14(2)21(23)22(27)24-13-20(26)25-15(3)16-9-11-17(12-10-16)18-7-5-6-8-19(18)28-4;/h5-12,14-15,21H,13,23H2,1-4H3,(H,24,27)(H,25,26);1H/t15?,21-;/m0./s1. The average Bonchev–Trinajstić information content (AvgIpc) is 2.71. The lowest BCUT2D eigenvalue weighted by molar-refractivity contribution is -0.127. The number of para-hydroxylation sites is 1. The van der Waals surface area contributed by atoms with Gasteiger partial charge in [0, 0.05) is 5.56 Å². The number of halogens is 1. The molecule has 2 atom stereocenters. The summed E-state index contributed by atoms with van der Waals surface area (Å²) < 4.78 is 5.41. The van der Waals surface area contributed by atoms with Crippen LogP contribution in [0.15, 0.2) is 48.5 Å². The summed E-state index contributed by atoms with van der Waals surface area (Å²) in [5, 5.41) is 5.46. The van der Waals surface area contributed by atoms with Gasteiger partial charge < -0.3 is 21.1 Å². The van der Waals surface area contributed by atoms with Crippen LogP contribution in [-0.4, -0.2) is 31.5 Å². The van der Waals surface area contributed by atoms with Gasteiger partial charge in [-0.25, -0.2) is 0 Å². The second-order valence-electron chi connectivity index (χ2n) is 7.10. The maximum Gasteiger partial charge on any atom is 0.239 e. The van der Waals surface area contributed by atoms with E-state index in [1.165, 1.54) is 0 Å². The van der Waals surface area contributed by atoms with Gasteiger partial charge in [0.1, 0.15) is 5.75 Å². The number of methoxy groups -OCH3 is 1. The van der Waals surface area contributed by atoms with Gasteiger partial charge in [-0.2, -0.15) is 0 Å². The van der Waals surface area contributed by atoms with Gasteiger partial charge in [-0.15, -0.1) is 12.4 Å². The molecule has 0 radical (unpaired) electrons. The lowest BCUT2D eigenvalue weighted by atomic mass is 10.0. The topological polar surface area (TPSA) is 93.5 Å². The van der Waals surface area contributed by atoms with E-state index in [2.05, 4.69) is 10.6 Å². The molecule has 2 amide bonds. The third kappa shape index (κ3) is 6.76. The number of carbonyl (C=O) groups is 2. The minimum absolute atomic E-state index is 0. The van der Waals surface area contributed by atoms with Crippen molar-refractivity contribution in [3.63, 3.8) is 0 Å². The van der Waals surface area contributed by atoms with Gasteiger partial charge in [0.05, 0.1) is 25.7 Å². The van der Waals surface area contributed by atoms with Crippen LogP contribution in [0.5, 0.6) is 5.75 Å². The first kappa shape index (κ1) is 24.5. The van der Waals surface area contributed by atoms with Gasteiger partial charge in [0.25, 0.3) is 0 Å². The number of carbonyl (C=O) groups excluding carboxylic acids is 2. The molecule has 6 nitrogen and oxygen atoms in total. The summed E-state index contributed by atoms with van der Waals surface area (Å²) in [6.45, 7) is 5.53. The van der Waals surface area contributed by atoms with Crippen LogP contribution in [-0.2, 0) is 9.59 Å². The van der Waals surface area contributed by atoms with Crippen LogP contribution in [0, 0.1) is 5.92 Å². The molecule has 2 aromatic rings. The van der Waals surface area contributed by atoms with E-state index < -0.39 is 6.04 Å². The van der Waals surface area contributed by atoms with Gasteiger partial charge in [-0.05, 0) is 30.0 Å². The third-order valence-corrected chi connectivity index (χ3v) is 4.65. The Morgan fingerprint density at radius 1 is 1.03 bits per heavy atom. The largest absolute Gasteiger partial charge is 0.496 e. The predicted octanol–water partition coefficient (Wildman–Crippen LogP) is 3.06. The number of amides is 2. The highest BCUT2D eigenvalue weighted by molar-refractivity contribution is 5.87. The Labute approximate surface area is 178 Å². The molecule has 2 rings (SSSR count). The van der Waals surface area contributed by atoms with Crippen molar-refractivity contribution in [2.45, 2.75) is 32.9 Å². The van der Waals surface area contributed by atoms with E-state index in [9.17, 15) is 9.59 Å². The second kappa shape index (κ2) is 11.4. The Morgan fingerprint density at radius 3 is 2.24 bits per heavy atom. The fourth-order valence-electron chi connectivity index (χ4n) is 2.80. The van der Waals surface area contributed by atoms with Gasteiger partial charge in [-0.1, -0.05) is 56.3 Å². The molecule has 4 N–H and O–H groups in total. The van der Waals surface area contributed by atoms with E-state index in [0.717, 1.165) is 22.4 Å². The zero-order chi connectivity index (χ0) is 20.7. The number of benzene rings is 2. The van der Waals surface area contributed by atoms with Crippen molar-refractivity contribution in [2.24, 2.45) is 11.7 Å². The van der Waals surface area contributed by atoms with Crippen molar-refractivity contribution < 1.29 is 14.3 Å². The second-order valence-corrected chi connectivity index (χ2v) is 7.10. The van der Waals surface area contributed by atoms with Crippen LogP contribution in [0.1, 0.15) is 32.4 Å². The number of hydrogen-bond donors (Lipinski definition) is 3. The fraction of sp³-hybridized carbons (Fsp3) is 0.364. The molecule has 0 bridgehead atoms. The molecular weight excluding hydrogens is 390 g/mol. The zero-order valence-electron chi connectivity index (χ0n) is 17.3. The maximum atomic E-state index is 12.1. The highest BCUT2D eigenvalue weighted by atomic mass is 35.5. The van der Waals surface area contributed by atoms with Crippen LogP contribution in [0.3, 0.4) is 0 Å². The summed E-state index contributed by atoms with van der Waals surface area (Å²) in [7, 11) is 1.65. The van der Waals surface area contributed by atoms with Gasteiger partial charge >= 0.3 is 0 Å². The Hall–Kier alpha value is -2.57. The number of nitrogens with two attached hydrogens (primary N) is 1. The molecule has 0 aliphatic heterocycles. The number of rotatable bonds is 8. The van der Waals surface area contributed by atoms with Crippen LogP contribution < -0.4 is 21.1 Å². The minimum atomic E-state index is -0.618. The van der Waals surface area contributed by atoms with Crippen LogP contribution in [0.25, 0.3) is 11.1 Å². The molecule has 0 aromatic heterocycles.